The van der Waals surface area contributed by atoms with Gasteiger partial charge in [-0.25, -0.2) is 0 Å². The Balaban J connectivity index is 1.66. The molecule has 0 saturated carbocycles. The number of nitrogens with zero attached hydrogens (tertiary/aromatic N) is 3. The lowest BCUT2D eigenvalue weighted by molar-refractivity contribution is -0.884. The zero-order valence-electron chi connectivity index (χ0n) is 27.6. The number of fused-ring (bicyclic) bond motifs is 1. The molecule has 7 nitrogen and oxygen atoms in total. The number of aliphatic carboxylic acids is 1. The summed E-state index contributed by atoms with van der Waals surface area (Å²) in [6, 6.07) is 14.3. The number of anilines is 1. The Bertz CT molecular complexity index is 1270. The number of carboxylic acids is 1. The van der Waals surface area contributed by atoms with Crippen LogP contribution in [0.5, 0.6) is 5.75 Å². The van der Waals surface area contributed by atoms with Gasteiger partial charge in [0.15, 0.2) is 0 Å². The van der Waals surface area contributed by atoms with Gasteiger partial charge in [0.2, 0.25) is 5.91 Å². The first-order valence-corrected chi connectivity index (χ1v) is 16.2. The van der Waals surface area contributed by atoms with E-state index in [-0.39, 0.29) is 29.8 Å². The second-order valence-corrected chi connectivity index (χ2v) is 14.6. The zero-order chi connectivity index (χ0) is 31.4. The van der Waals surface area contributed by atoms with Crippen LogP contribution in [-0.2, 0) is 22.6 Å². The fraction of sp³-hybridized carbons (Fsp3) is 0.611. The smallest absolute Gasteiger partial charge is 0.308 e. The molecule has 1 fully saturated rings. The highest BCUT2D eigenvalue weighted by atomic mass is 16.5. The molecule has 4 rings (SSSR count). The Morgan fingerprint density at radius 1 is 1.09 bits per heavy atom. The van der Waals surface area contributed by atoms with Crippen LogP contribution >= 0.6 is 0 Å². The van der Waals surface area contributed by atoms with Crippen LogP contribution in [-0.4, -0.2) is 79.8 Å². The van der Waals surface area contributed by atoms with Crippen LogP contribution < -0.4 is 9.64 Å². The number of ether oxygens (including phenoxy) is 1. The summed E-state index contributed by atoms with van der Waals surface area (Å²) < 4.78 is 6.54. The zero-order valence-corrected chi connectivity index (χ0v) is 27.6. The van der Waals surface area contributed by atoms with Gasteiger partial charge in [0.25, 0.3) is 0 Å². The van der Waals surface area contributed by atoms with E-state index in [0.717, 1.165) is 72.1 Å². The highest BCUT2D eigenvalue weighted by Crippen LogP contribution is 2.44. The molecule has 1 N–H and O–H groups in total. The number of rotatable bonds is 14. The van der Waals surface area contributed by atoms with E-state index in [0.29, 0.717) is 19.7 Å². The van der Waals surface area contributed by atoms with Gasteiger partial charge in [0.1, 0.15) is 12.3 Å². The Morgan fingerprint density at radius 2 is 1.86 bits per heavy atom. The van der Waals surface area contributed by atoms with Crippen molar-refractivity contribution in [2.75, 3.05) is 52.3 Å². The van der Waals surface area contributed by atoms with Crippen molar-refractivity contribution in [2.45, 2.75) is 84.7 Å². The third-order valence-electron chi connectivity index (χ3n) is 9.12. The first kappa shape index (κ1) is 33.0. The van der Waals surface area contributed by atoms with Gasteiger partial charge in [-0.2, -0.15) is 0 Å². The monoisotopic (exact) mass is 592 g/mol. The summed E-state index contributed by atoms with van der Waals surface area (Å²) in [6.45, 7) is 11.8. The molecule has 43 heavy (non-hydrogen) atoms. The summed E-state index contributed by atoms with van der Waals surface area (Å²) in [5.74, 6) is -0.594. The molecule has 2 aromatic rings. The number of benzene rings is 2. The first-order valence-electron chi connectivity index (χ1n) is 16.2. The standard InChI is InChI=1S/C36H53N3O4/c1-8-10-18-38(29-13-11-12-26(20-29)25-39(5,6)7)33(40)24-37-23-30(27-14-15-32-28(21-27)16-19-43-32)34(35(41)42)31(37)22-36(3,4)17-9-2/h11-15,20-21,30-31,34H,8-10,16-19,22-25H2,1-7H3/p+1. The summed E-state index contributed by atoms with van der Waals surface area (Å²) >= 11 is 0. The van der Waals surface area contributed by atoms with Crippen molar-refractivity contribution in [3.63, 3.8) is 0 Å². The summed E-state index contributed by atoms with van der Waals surface area (Å²) in [5.41, 5.74) is 4.29. The Morgan fingerprint density at radius 3 is 2.53 bits per heavy atom. The van der Waals surface area contributed by atoms with Crippen molar-refractivity contribution in [1.82, 2.24) is 4.90 Å². The molecule has 3 unspecified atom stereocenters. The molecule has 0 spiro atoms. The van der Waals surface area contributed by atoms with Gasteiger partial charge in [-0.1, -0.05) is 64.8 Å². The van der Waals surface area contributed by atoms with Crippen molar-refractivity contribution in [3.05, 3.63) is 59.2 Å². The molecular weight excluding hydrogens is 538 g/mol. The molecule has 2 heterocycles. The molecule has 0 radical (unpaired) electrons. The highest BCUT2D eigenvalue weighted by molar-refractivity contribution is 5.95. The van der Waals surface area contributed by atoms with E-state index in [1.165, 1.54) is 5.56 Å². The van der Waals surface area contributed by atoms with Crippen LogP contribution in [0.3, 0.4) is 0 Å². The van der Waals surface area contributed by atoms with Crippen LogP contribution in [0.2, 0.25) is 0 Å². The minimum atomic E-state index is -0.773. The molecule has 2 aliphatic rings. The Labute approximate surface area is 259 Å². The molecule has 1 amide bonds. The maximum absolute atomic E-state index is 14.2. The Kier molecular flexibility index (Phi) is 10.6. The van der Waals surface area contributed by atoms with Gasteiger partial charge in [-0.15, -0.1) is 0 Å². The van der Waals surface area contributed by atoms with Crippen molar-refractivity contribution >= 4 is 17.6 Å². The van der Waals surface area contributed by atoms with Gasteiger partial charge in [-0.05, 0) is 54.0 Å². The number of carboxylic acid groups (broad SMARTS) is 1. The van der Waals surface area contributed by atoms with Crippen LogP contribution in [0.25, 0.3) is 0 Å². The lowest BCUT2D eigenvalue weighted by Gasteiger charge is -2.35. The molecule has 0 aliphatic carbocycles. The second kappa shape index (κ2) is 13.8. The van der Waals surface area contributed by atoms with Crippen LogP contribution in [0.15, 0.2) is 42.5 Å². The maximum Gasteiger partial charge on any atom is 0.308 e. The van der Waals surface area contributed by atoms with Gasteiger partial charge >= 0.3 is 5.97 Å². The topological polar surface area (TPSA) is 70.1 Å². The molecule has 3 atom stereocenters. The highest BCUT2D eigenvalue weighted by Gasteiger charge is 2.49. The third kappa shape index (κ3) is 8.39. The molecule has 236 valence electrons. The molecule has 2 aromatic carbocycles. The summed E-state index contributed by atoms with van der Waals surface area (Å²) in [7, 11) is 6.51. The number of hydrogen-bond acceptors (Lipinski definition) is 4. The van der Waals surface area contributed by atoms with E-state index in [1.807, 2.05) is 29.2 Å². The molecule has 7 heteroatoms. The third-order valence-corrected chi connectivity index (χ3v) is 9.12. The molecule has 0 aromatic heterocycles. The van der Waals surface area contributed by atoms with Crippen LogP contribution in [0.1, 0.15) is 82.4 Å². The summed E-state index contributed by atoms with van der Waals surface area (Å²) in [6.07, 6.45) is 5.55. The fourth-order valence-corrected chi connectivity index (χ4v) is 7.21. The number of likely N-dealkylation sites (tertiary alicyclic amines) is 1. The number of unbranched alkanes of at least 4 members (excludes halogenated alkanes) is 1. The van der Waals surface area contributed by atoms with Gasteiger partial charge in [-0.3, -0.25) is 14.5 Å². The number of quaternary nitrogens is 1. The summed E-state index contributed by atoms with van der Waals surface area (Å²) in [4.78, 5) is 31.4. The molecule has 2 aliphatic heterocycles. The van der Waals surface area contributed by atoms with Crippen molar-refractivity contribution in [1.29, 1.82) is 0 Å². The van der Waals surface area contributed by atoms with E-state index in [4.69, 9.17) is 4.74 Å². The minimum absolute atomic E-state index is 0.0312. The molecule has 1 saturated heterocycles. The maximum atomic E-state index is 14.2. The number of carbonyl (C=O) groups excluding carboxylic acids is 1. The van der Waals surface area contributed by atoms with Gasteiger partial charge in [0.05, 0.1) is 40.2 Å². The largest absolute Gasteiger partial charge is 0.493 e. The number of carbonyl (C=O) groups is 2. The van der Waals surface area contributed by atoms with Crippen molar-refractivity contribution in [3.8, 4) is 5.75 Å². The van der Waals surface area contributed by atoms with E-state index in [1.54, 1.807) is 0 Å². The minimum Gasteiger partial charge on any atom is -0.493 e. The van der Waals surface area contributed by atoms with E-state index in [9.17, 15) is 14.7 Å². The second-order valence-electron chi connectivity index (χ2n) is 14.6. The Hall–Kier alpha value is -2.90. The first-order chi connectivity index (χ1) is 20.3. The quantitative estimate of drug-likeness (QED) is 0.259. The average Bonchev–Trinajstić information content (AvgIpc) is 3.52. The molecular formula is C36H54N3O4+. The lowest BCUT2D eigenvalue weighted by Crippen LogP contribution is -2.46. The predicted molar refractivity (Wildman–Crippen MR) is 174 cm³/mol. The van der Waals surface area contributed by atoms with E-state index >= 15 is 0 Å². The van der Waals surface area contributed by atoms with Crippen molar-refractivity contribution < 1.29 is 23.9 Å². The normalized spacial score (nSPS) is 20.6. The number of amides is 1. The van der Waals surface area contributed by atoms with Crippen molar-refractivity contribution in [2.24, 2.45) is 11.3 Å². The number of hydrogen-bond donors (Lipinski definition) is 1. The van der Waals surface area contributed by atoms with E-state index in [2.05, 4.69) is 71.9 Å². The molecule has 0 bridgehead atoms. The van der Waals surface area contributed by atoms with Gasteiger partial charge < -0.3 is 19.2 Å². The summed E-state index contributed by atoms with van der Waals surface area (Å²) in [5, 5.41) is 10.7. The lowest BCUT2D eigenvalue weighted by atomic mass is 9.76. The van der Waals surface area contributed by atoms with Crippen LogP contribution in [0, 0.1) is 11.3 Å². The van der Waals surface area contributed by atoms with E-state index < -0.39 is 11.9 Å². The average molecular weight is 593 g/mol. The van der Waals surface area contributed by atoms with Gasteiger partial charge in [0, 0.05) is 42.7 Å². The predicted octanol–water partition coefficient (Wildman–Crippen LogP) is 6.35. The SMILES string of the molecule is CCCCN(C(=O)CN1CC(c2ccc3c(c2)CCO3)C(C(=O)O)C1CC(C)(C)CCC)c1cccc(C[N+](C)(C)C)c1. The fourth-order valence-electron chi connectivity index (χ4n) is 7.21. The van der Waals surface area contributed by atoms with Crippen LogP contribution in [0.4, 0.5) is 5.69 Å².